The summed E-state index contributed by atoms with van der Waals surface area (Å²) in [6.45, 7) is -0.0381. The van der Waals surface area contributed by atoms with Crippen LogP contribution in [0.4, 0.5) is 5.69 Å². The molecular formula is C12H12N4O3S. The Morgan fingerprint density at radius 1 is 1.35 bits per heavy atom. The predicted octanol–water partition coefficient (Wildman–Crippen LogP) is 0.347. The van der Waals surface area contributed by atoms with E-state index >= 15 is 0 Å². The van der Waals surface area contributed by atoms with Crippen molar-refractivity contribution >= 4 is 21.6 Å². The van der Waals surface area contributed by atoms with Crippen molar-refractivity contribution in [3.8, 4) is 0 Å². The second-order valence-corrected chi connectivity index (χ2v) is 6.43. The molecule has 20 heavy (non-hydrogen) atoms. The minimum absolute atomic E-state index is 0.000547. The van der Waals surface area contributed by atoms with Crippen LogP contribution in [0, 0.1) is 0 Å². The number of nitrogens with zero attached hydrogens (tertiary/aromatic N) is 3. The summed E-state index contributed by atoms with van der Waals surface area (Å²) in [5.41, 5.74) is 6.72. The number of sulfonamides is 1. The van der Waals surface area contributed by atoms with Crippen molar-refractivity contribution in [3.63, 3.8) is 0 Å². The molecule has 0 radical (unpaired) electrons. The molecule has 1 aromatic carbocycles. The Balaban J connectivity index is 2.05. The van der Waals surface area contributed by atoms with E-state index < -0.39 is 15.9 Å². The van der Waals surface area contributed by atoms with Crippen LogP contribution in [0.3, 0.4) is 0 Å². The Bertz CT molecular complexity index is 810. The molecule has 3 rings (SSSR count). The Kier molecular flexibility index (Phi) is 2.58. The monoisotopic (exact) mass is 292 g/mol. The van der Waals surface area contributed by atoms with Crippen LogP contribution in [0.25, 0.3) is 0 Å². The van der Waals surface area contributed by atoms with Gasteiger partial charge in [-0.05, 0) is 18.2 Å². The quantitative estimate of drug-likeness (QED) is 0.805. The summed E-state index contributed by atoms with van der Waals surface area (Å²) in [4.78, 5) is 12.2. The normalized spacial score (nSPS) is 16.4. The molecule has 0 spiro atoms. The molecule has 104 valence electrons. The van der Waals surface area contributed by atoms with E-state index in [4.69, 9.17) is 5.73 Å². The number of benzene rings is 1. The molecule has 0 aliphatic carbocycles. The summed E-state index contributed by atoms with van der Waals surface area (Å²) in [5.74, 6) is -0.559. The first kappa shape index (κ1) is 12.7. The molecule has 1 aliphatic heterocycles. The van der Waals surface area contributed by atoms with Crippen LogP contribution in [-0.2, 0) is 23.6 Å². The molecule has 7 nitrogen and oxygen atoms in total. The first-order valence-electron chi connectivity index (χ1n) is 5.84. The zero-order valence-corrected chi connectivity index (χ0v) is 11.5. The summed E-state index contributed by atoms with van der Waals surface area (Å²) in [6, 6.07) is 4.22. The maximum Gasteiger partial charge on any atom is 0.269 e. The van der Waals surface area contributed by atoms with Crippen molar-refractivity contribution in [1.29, 1.82) is 0 Å². The van der Waals surface area contributed by atoms with Gasteiger partial charge >= 0.3 is 0 Å². The molecule has 8 heteroatoms. The van der Waals surface area contributed by atoms with Crippen molar-refractivity contribution in [2.75, 3.05) is 5.73 Å². The standard InChI is InChI=1S/C12H12N4O3S/c1-15-6-8(5-14-15)7-16-12(17)10-4-9(13)2-3-11(10)20(16,18)19/h2-6H,7,13H2,1H3. The number of aryl methyl sites for hydroxylation is 1. The topological polar surface area (TPSA) is 98.3 Å². The van der Waals surface area contributed by atoms with E-state index in [-0.39, 0.29) is 17.0 Å². The van der Waals surface area contributed by atoms with Crippen LogP contribution >= 0.6 is 0 Å². The van der Waals surface area contributed by atoms with E-state index in [9.17, 15) is 13.2 Å². The first-order valence-corrected chi connectivity index (χ1v) is 7.28. The number of anilines is 1. The second-order valence-electron chi connectivity index (χ2n) is 4.59. The van der Waals surface area contributed by atoms with E-state index in [1.54, 1.807) is 17.9 Å². The summed E-state index contributed by atoms with van der Waals surface area (Å²) in [5, 5.41) is 3.96. The van der Waals surface area contributed by atoms with Crippen LogP contribution in [-0.4, -0.2) is 28.4 Å². The lowest BCUT2D eigenvalue weighted by molar-refractivity contribution is 0.0865. The van der Waals surface area contributed by atoms with Crippen LogP contribution in [0.2, 0.25) is 0 Å². The van der Waals surface area contributed by atoms with Crippen LogP contribution in [0.15, 0.2) is 35.5 Å². The molecular weight excluding hydrogens is 280 g/mol. The number of aromatic nitrogens is 2. The zero-order chi connectivity index (χ0) is 14.5. The smallest absolute Gasteiger partial charge is 0.269 e. The van der Waals surface area contributed by atoms with Crippen LogP contribution in [0.1, 0.15) is 15.9 Å². The number of fused-ring (bicyclic) bond motifs is 1. The number of carbonyl (C=O) groups excluding carboxylic acids is 1. The van der Waals surface area contributed by atoms with Gasteiger partial charge in [-0.15, -0.1) is 0 Å². The molecule has 1 aromatic heterocycles. The third kappa shape index (κ3) is 1.76. The van der Waals surface area contributed by atoms with Crippen LogP contribution < -0.4 is 5.73 Å². The Morgan fingerprint density at radius 3 is 2.75 bits per heavy atom. The van der Waals surface area contributed by atoms with Crippen LogP contribution in [0.5, 0.6) is 0 Å². The van der Waals surface area contributed by atoms with Crippen molar-refractivity contribution < 1.29 is 13.2 Å². The number of hydrogen-bond acceptors (Lipinski definition) is 5. The van der Waals surface area contributed by atoms with Gasteiger partial charge in [-0.25, -0.2) is 12.7 Å². The second kappa shape index (κ2) is 4.07. The van der Waals surface area contributed by atoms with Gasteiger partial charge < -0.3 is 5.73 Å². The molecule has 0 atom stereocenters. The number of hydrogen-bond donors (Lipinski definition) is 1. The van der Waals surface area contributed by atoms with Gasteiger partial charge in [0.1, 0.15) is 4.90 Å². The van der Waals surface area contributed by atoms with Crippen molar-refractivity contribution in [1.82, 2.24) is 14.1 Å². The van der Waals surface area contributed by atoms with E-state index in [1.807, 2.05) is 0 Å². The highest BCUT2D eigenvalue weighted by Crippen LogP contribution is 2.32. The van der Waals surface area contributed by atoms with Crippen molar-refractivity contribution in [2.45, 2.75) is 11.4 Å². The maximum atomic E-state index is 12.4. The number of amides is 1. The third-order valence-electron chi connectivity index (χ3n) is 3.11. The molecule has 1 aliphatic rings. The molecule has 0 bridgehead atoms. The van der Waals surface area contributed by atoms with Gasteiger partial charge in [0.2, 0.25) is 0 Å². The lowest BCUT2D eigenvalue weighted by Gasteiger charge is -2.13. The Labute approximate surface area is 115 Å². The minimum Gasteiger partial charge on any atom is -0.399 e. The van der Waals surface area contributed by atoms with Gasteiger partial charge in [0.15, 0.2) is 0 Å². The molecule has 0 saturated carbocycles. The van der Waals surface area contributed by atoms with Crippen molar-refractivity contribution in [2.24, 2.45) is 7.05 Å². The van der Waals surface area contributed by atoms with Gasteiger partial charge in [-0.1, -0.05) is 0 Å². The van der Waals surface area contributed by atoms with Gasteiger partial charge in [0.05, 0.1) is 18.3 Å². The summed E-state index contributed by atoms with van der Waals surface area (Å²) >= 11 is 0. The Hall–Kier alpha value is -2.35. The molecule has 2 N–H and O–H groups in total. The fraction of sp³-hybridized carbons (Fsp3) is 0.167. The fourth-order valence-electron chi connectivity index (χ4n) is 2.18. The predicted molar refractivity (Wildman–Crippen MR) is 71.1 cm³/mol. The molecule has 2 aromatic rings. The van der Waals surface area contributed by atoms with Gasteiger partial charge in [-0.3, -0.25) is 9.48 Å². The highest BCUT2D eigenvalue weighted by atomic mass is 32.2. The Morgan fingerprint density at radius 2 is 2.10 bits per heavy atom. The van der Waals surface area contributed by atoms with Gasteiger partial charge in [-0.2, -0.15) is 5.10 Å². The number of nitrogen functional groups attached to an aromatic ring is 1. The SMILES string of the molecule is Cn1cc(CN2C(=O)c3cc(N)ccc3S2(=O)=O)cn1. The highest BCUT2D eigenvalue weighted by Gasteiger charge is 2.41. The summed E-state index contributed by atoms with van der Waals surface area (Å²) < 4.78 is 27.1. The zero-order valence-electron chi connectivity index (χ0n) is 10.6. The van der Waals surface area contributed by atoms with E-state index in [1.165, 1.54) is 24.4 Å². The largest absolute Gasteiger partial charge is 0.399 e. The van der Waals surface area contributed by atoms with E-state index in [2.05, 4.69) is 5.10 Å². The molecule has 1 amide bonds. The number of rotatable bonds is 2. The van der Waals surface area contributed by atoms with E-state index in [0.29, 0.717) is 11.3 Å². The molecule has 2 heterocycles. The average molecular weight is 292 g/mol. The molecule has 0 saturated heterocycles. The lowest BCUT2D eigenvalue weighted by atomic mass is 10.2. The molecule has 0 fully saturated rings. The van der Waals surface area contributed by atoms with Crippen molar-refractivity contribution in [3.05, 3.63) is 41.7 Å². The van der Waals surface area contributed by atoms with Gasteiger partial charge in [0, 0.05) is 24.5 Å². The number of nitrogens with two attached hydrogens (primary N) is 1. The third-order valence-corrected chi connectivity index (χ3v) is 4.90. The highest BCUT2D eigenvalue weighted by molar-refractivity contribution is 7.90. The van der Waals surface area contributed by atoms with Gasteiger partial charge in [0.25, 0.3) is 15.9 Å². The molecule has 0 unspecified atom stereocenters. The first-order chi connectivity index (χ1) is 9.39. The number of carbonyl (C=O) groups is 1. The van der Waals surface area contributed by atoms with E-state index in [0.717, 1.165) is 4.31 Å². The summed E-state index contributed by atoms with van der Waals surface area (Å²) in [7, 11) is -2.09. The maximum absolute atomic E-state index is 12.4. The minimum atomic E-state index is -3.81. The average Bonchev–Trinajstić information content (AvgIpc) is 2.86. The summed E-state index contributed by atoms with van der Waals surface area (Å²) in [6.07, 6.45) is 3.19. The fourth-order valence-corrected chi connectivity index (χ4v) is 3.72. The lowest BCUT2D eigenvalue weighted by Crippen LogP contribution is -2.29.